The number of hydrogen-bond acceptors (Lipinski definition) is 3. The minimum Gasteiger partial charge on any atom is -0.305 e. The van der Waals surface area contributed by atoms with Gasteiger partial charge < -0.3 is 5.32 Å². The summed E-state index contributed by atoms with van der Waals surface area (Å²) in [6, 6.07) is 2.17. The molecule has 1 atom stereocenters. The molecule has 110 valence electrons. The molecule has 0 aliphatic rings. The Hall–Kier alpha value is 0.120. The van der Waals surface area contributed by atoms with Crippen LogP contribution in [0.5, 0.6) is 0 Å². The summed E-state index contributed by atoms with van der Waals surface area (Å²) < 4.78 is 4.20. The first-order valence-electron chi connectivity index (χ1n) is 6.47. The first-order chi connectivity index (χ1) is 9.58. The van der Waals surface area contributed by atoms with Crippen molar-refractivity contribution in [3.63, 3.8) is 0 Å². The number of hydrogen-bond donors (Lipinski definition) is 1. The van der Waals surface area contributed by atoms with Crippen LogP contribution in [0.25, 0.3) is 0 Å². The maximum Gasteiger partial charge on any atom is 0.0837 e. The lowest BCUT2D eigenvalue weighted by atomic mass is 10.1. The molecular weight excluding hydrogens is 425 g/mol. The molecule has 0 bridgehead atoms. The molecule has 0 aliphatic carbocycles. The van der Waals surface area contributed by atoms with E-state index in [-0.39, 0.29) is 6.04 Å². The highest BCUT2D eigenvalue weighted by Gasteiger charge is 2.24. The van der Waals surface area contributed by atoms with Gasteiger partial charge in [-0.1, -0.05) is 25.4 Å². The average Bonchev–Trinajstić information content (AvgIpc) is 2.91. The van der Waals surface area contributed by atoms with Crippen LogP contribution in [0.15, 0.2) is 19.8 Å². The quantitative estimate of drug-likeness (QED) is 0.665. The molecule has 20 heavy (non-hydrogen) atoms. The molecule has 1 unspecified atom stereocenters. The lowest BCUT2D eigenvalue weighted by Gasteiger charge is -2.20. The number of nitrogens with zero attached hydrogens (tertiary/aromatic N) is 2. The van der Waals surface area contributed by atoms with E-state index in [0.29, 0.717) is 5.02 Å². The second-order valence-electron chi connectivity index (χ2n) is 4.37. The fourth-order valence-corrected chi connectivity index (χ4v) is 5.31. The Morgan fingerprint density at radius 1 is 1.45 bits per heavy atom. The van der Waals surface area contributed by atoms with Crippen molar-refractivity contribution >= 4 is 54.8 Å². The molecule has 2 aromatic heterocycles. The van der Waals surface area contributed by atoms with Crippen LogP contribution >= 0.6 is 54.8 Å². The van der Waals surface area contributed by atoms with Gasteiger partial charge in [-0.3, -0.25) is 4.68 Å². The Labute approximate surface area is 145 Å². The van der Waals surface area contributed by atoms with E-state index in [1.54, 1.807) is 17.5 Å². The summed E-state index contributed by atoms with van der Waals surface area (Å²) in [5.74, 6) is 0. The Morgan fingerprint density at radius 3 is 2.75 bits per heavy atom. The molecule has 2 rings (SSSR count). The Bertz CT molecular complexity index is 582. The minimum atomic E-state index is 0.0403. The highest BCUT2D eigenvalue weighted by molar-refractivity contribution is 9.12. The third-order valence-electron chi connectivity index (χ3n) is 2.94. The summed E-state index contributed by atoms with van der Waals surface area (Å²) in [6.45, 7) is 5.96. The Kier molecular flexibility index (Phi) is 6.10. The number of halogens is 3. The largest absolute Gasteiger partial charge is 0.305 e. The van der Waals surface area contributed by atoms with Gasteiger partial charge in [-0.05, 0) is 50.9 Å². The van der Waals surface area contributed by atoms with Crippen LogP contribution in [0.4, 0.5) is 0 Å². The number of aromatic nitrogens is 2. The number of nitrogens with one attached hydrogen (secondary N) is 1. The van der Waals surface area contributed by atoms with Gasteiger partial charge in [0, 0.05) is 12.1 Å². The smallest absolute Gasteiger partial charge is 0.0837 e. The molecule has 0 fully saturated rings. The van der Waals surface area contributed by atoms with E-state index in [9.17, 15) is 0 Å². The maximum atomic E-state index is 6.37. The highest BCUT2D eigenvalue weighted by atomic mass is 79.9. The van der Waals surface area contributed by atoms with Gasteiger partial charge in [-0.25, -0.2) is 0 Å². The van der Waals surface area contributed by atoms with Gasteiger partial charge in [0.25, 0.3) is 0 Å². The molecule has 0 aromatic carbocycles. The van der Waals surface area contributed by atoms with Crippen molar-refractivity contribution in [2.24, 2.45) is 0 Å². The monoisotopic (exact) mass is 439 g/mol. The van der Waals surface area contributed by atoms with Crippen molar-refractivity contribution in [1.29, 1.82) is 0 Å². The third-order valence-corrected chi connectivity index (χ3v) is 5.62. The SMILES string of the molecule is CCCn1ncc(Cl)c1C(NCC)c1cc(Br)sc1Br. The van der Waals surface area contributed by atoms with Crippen molar-refractivity contribution in [2.75, 3.05) is 6.54 Å². The van der Waals surface area contributed by atoms with Crippen molar-refractivity contribution in [3.8, 4) is 0 Å². The molecule has 0 aliphatic heterocycles. The molecule has 7 heteroatoms. The molecule has 1 N–H and O–H groups in total. The van der Waals surface area contributed by atoms with Crippen LogP contribution in [0.1, 0.15) is 37.6 Å². The van der Waals surface area contributed by atoms with Crippen LogP contribution in [0.2, 0.25) is 5.02 Å². The van der Waals surface area contributed by atoms with Gasteiger partial charge in [0.05, 0.1) is 30.5 Å². The molecule has 0 saturated heterocycles. The first-order valence-corrected chi connectivity index (χ1v) is 9.25. The fourth-order valence-electron chi connectivity index (χ4n) is 2.16. The van der Waals surface area contributed by atoms with Crippen LogP contribution in [-0.4, -0.2) is 16.3 Å². The lowest BCUT2D eigenvalue weighted by molar-refractivity contribution is 0.520. The van der Waals surface area contributed by atoms with Gasteiger partial charge in [-0.2, -0.15) is 5.10 Å². The molecule has 2 heterocycles. The predicted octanol–water partition coefficient (Wildman–Crippen LogP) is 5.23. The Balaban J connectivity index is 2.48. The average molecular weight is 442 g/mol. The molecule has 2 aromatic rings. The predicted molar refractivity (Wildman–Crippen MR) is 92.8 cm³/mol. The summed E-state index contributed by atoms with van der Waals surface area (Å²) in [5, 5.41) is 8.60. The summed E-state index contributed by atoms with van der Waals surface area (Å²) in [6.07, 6.45) is 2.75. The number of rotatable bonds is 6. The number of thiophene rings is 1. The zero-order chi connectivity index (χ0) is 14.7. The lowest BCUT2D eigenvalue weighted by Crippen LogP contribution is -2.25. The molecule has 3 nitrogen and oxygen atoms in total. The molecule has 0 radical (unpaired) electrons. The van der Waals surface area contributed by atoms with Gasteiger partial charge in [0.15, 0.2) is 0 Å². The van der Waals surface area contributed by atoms with E-state index < -0.39 is 0 Å². The van der Waals surface area contributed by atoms with Crippen molar-refractivity contribution in [1.82, 2.24) is 15.1 Å². The fraction of sp³-hybridized carbons (Fsp3) is 0.462. The topological polar surface area (TPSA) is 29.9 Å². The van der Waals surface area contributed by atoms with E-state index in [1.807, 2.05) is 4.68 Å². The summed E-state index contributed by atoms with van der Waals surface area (Å²) >= 11 is 15.2. The molecule has 0 saturated carbocycles. The zero-order valence-corrected chi connectivity index (χ0v) is 16.0. The van der Waals surface area contributed by atoms with Gasteiger partial charge in [-0.15, -0.1) is 11.3 Å². The third kappa shape index (κ3) is 3.47. The summed E-state index contributed by atoms with van der Waals surface area (Å²) in [5.41, 5.74) is 2.21. The second kappa shape index (κ2) is 7.40. The van der Waals surface area contributed by atoms with Crippen LogP contribution in [0, 0.1) is 0 Å². The van der Waals surface area contributed by atoms with Crippen molar-refractivity contribution in [3.05, 3.63) is 36.1 Å². The number of aryl methyl sites for hydroxylation is 1. The van der Waals surface area contributed by atoms with Crippen LogP contribution in [0.3, 0.4) is 0 Å². The van der Waals surface area contributed by atoms with Gasteiger partial charge in [0.1, 0.15) is 0 Å². The summed E-state index contributed by atoms with van der Waals surface area (Å²) in [4.78, 5) is 0. The van der Waals surface area contributed by atoms with Gasteiger partial charge in [0.2, 0.25) is 0 Å². The normalized spacial score (nSPS) is 12.8. The molecule has 0 spiro atoms. The van der Waals surface area contributed by atoms with E-state index >= 15 is 0 Å². The van der Waals surface area contributed by atoms with Crippen molar-refractivity contribution < 1.29 is 0 Å². The Morgan fingerprint density at radius 2 is 2.20 bits per heavy atom. The van der Waals surface area contributed by atoms with E-state index in [4.69, 9.17) is 11.6 Å². The van der Waals surface area contributed by atoms with E-state index in [2.05, 4.69) is 62.2 Å². The zero-order valence-electron chi connectivity index (χ0n) is 11.3. The molecule has 0 amide bonds. The van der Waals surface area contributed by atoms with Crippen molar-refractivity contribution in [2.45, 2.75) is 32.9 Å². The standard InChI is InChI=1S/C13H16Br2ClN3S/c1-3-5-19-12(9(16)7-18-19)11(17-4-2)8-6-10(14)20-13(8)15/h6-7,11,17H,3-5H2,1-2H3. The van der Waals surface area contributed by atoms with E-state index in [0.717, 1.165) is 32.8 Å². The van der Waals surface area contributed by atoms with Crippen LogP contribution < -0.4 is 5.32 Å². The molecular formula is C13H16Br2ClN3S. The minimum absolute atomic E-state index is 0.0403. The van der Waals surface area contributed by atoms with Gasteiger partial charge >= 0.3 is 0 Å². The second-order valence-corrected chi connectivity index (χ2v) is 8.53. The summed E-state index contributed by atoms with van der Waals surface area (Å²) in [7, 11) is 0. The highest BCUT2D eigenvalue weighted by Crippen LogP contribution is 2.39. The maximum absolute atomic E-state index is 6.37. The first kappa shape index (κ1) is 16.5. The van der Waals surface area contributed by atoms with Crippen LogP contribution in [-0.2, 0) is 6.54 Å². The van der Waals surface area contributed by atoms with E-state index in [1.165, 1.54) is 5.56 Å².